The summed E-state index contributed by atoms with van der Waals surface area (Å²) in [5.41, 5.74) is 1.50. The van der Waals surface area contributed by atoms with E-state index in [1.54, 1.807) is 48.5 Å². The number of urea groups is 1. The summed E-state index contributed by atoms with van der Waals surface area (Å²) >= 11 is 9.64. The molecule has 0 bridgehead atoms. The smallest absolute Gasteiger partial charge is 0.335 e. The minimum atomic E-state index is -0.806. The Bertz CT molecular complexity index is 1240. The van der Waals surface area contributed by atoms with Crippen LogP contribution < -0.4 is 15.0 Å². The Balaban J connectivity index is 1.68. The van der Waals surface area contributed by atoms with Gasteiger partial charge < -0.3 is 4.74 Å². The van der Waals surface area contributed by atoms with Crippen LogP contribution >= 0.6 is 27.5 Å². The third-order valence-electron chi connectivity index (χ3n) is 4.73. The normalized spacial score (nSPS) is 15.1. The molecular formula is C24H16BrClN2O4. The highest BCUT2D eigenvalue weighted by molar-refractivity contribution is 9.10. The maximum absolute atomic E-state index is 13.1. The Hall–Kier alpha value is -3.42. The lowest BCUT2D eigenvalue weighted by Crippen LogP contribution is -2.54. The SMILES string of the molecule is O=C1NC(=O)N(c2ccccc2)C(=O)/C1=C/c1cc(Cl)ccc1OCc1ccccc1Br. The van der Waals surface area contributed by atoms with E-state index in [1.165, 1.54) is 6.08 Å². The number of amides is 4. The molecule has 1 saturated heterocycles. The topological polar surface area (TPSA) is 75.7 Å². The minimum absolute atomic E-state index is 0.207. The van der Waals surface area contributed by atoms with Gasteiger partial charge in [0.2, 0.25) is 0 Å². The molecule has 0 saturated carbocycles. The molecule has 32 heavy (non-hydrogen) atoms. The minimum Gasteiger partial charge on any atom is -0.488 e. The maximum atomic E-state index is 13.1. The van der Waals surface area contributed by atoms with Crippen molar-refractivity contribution in [3.05, 3.63) is 99.0 Å². The second-order valence-electron chi connectivity index (χ2n) is 6.86. The number of carbonyl (C=O) groups excluding carboxylic acids is 3. The molecule has 160 valence electrons. The lowest BCUT2D eigenvalue weighted by Gasteiger charge is -2.26. The van der Waals surface area contributed by atoms with Crippen LogP contribution in [0.25, 0.3) is 6.08 Å². The van der Waals surface area contributed by atoms with E-state index < -0.39 is 17.8 Å². The number of carbonyl (C=O) groups is 3. The monoisotopic (exact) mass is 510 g/mol. The molecule has 3 aromatic rings. The summed E-state index contributed by atoms with van der Waals surface area (Å²) < 4.78 is 6.84. The molecule has 1 N–H and O–H groups in total. The molecule has 1 heterocycles. The lowest BCUT2D eigenvalue weighted by molar-refractivity contribution is -0.122. The second kappa shape index (κ2) is 9.38. The predicted molar refractivity (Wildman–Crippen MR) is 125 cm³/mol. The van der Waals surface area contributed by atoms with E-state index in [4.69, 9.17) is 16.3 Å². The molecule has 1 aliphatic heterocycles. The van der Waals surface area contributed by atoms with Gasteiger partial charge in [0, 0.05) is 20.6 Å². The highest BCUT2D eigenvalue weighted by Gasteiger charge is 2.36. The standard InChI is InChI=1S/C24H16BrClN2O4/c25-20-9-5-4-6-15(20)14-32-21-11-10-17(26)12-16(21)13-19-22(29)27-24(31)28(23(19)30)18-7-2-1-3-8-18/h1-13H,14H2,(H,27,29,31)/b19-13+. The fourth-order valence-electron chi connectivity index (χ4n) is 3.16. The highest BCUT2D eigenvalue weighted by atomic mass is 79.9. The van der Waals surface area contributed by atoms with Crippen LogP contribution in [0.15, 0.2) is 82.8 Å². The Labute approximate surface area is 197 Å². The van der Waals surface area contributed by atoms with Gasteiger partial charge in [0.25, 0.3) is 11.8 Å². The lowest BCUT2D eigenvalue weighted by atomic mass is 10.1. The second-order valence-corrected chi connectivity index (χ2v) is 8.15. The van der Waals surface area contributed by atoms with Gasteiger partial charge in [-0.15, -0.1) is 0 Å². The number of halogens is 2. The van der Waals surface area contributed by atoms with E-state index in [0.717, 1.165) is 14.9 Å². The molecule has 0 spiro atoms. The van der Waals surface area contributed by atoms with Gasteiger partial charge in [-0.05, 0) is 42.5 Å². The van der Waals surface area contributed by atoms with E-state index >= 15 is 0 Å². The summed E-state index contributed by atoms with van der Waals surface area (Å²) in [7, 11) is 0. The zero-order valence-electron chi connectivity index (χ0n) is 16.5. The number of barbiturate groups is 1. The van der Waals surface area contributed by atoms with Gasteiger partial charge in [0.15, 0.2) is 0 Å². The van der Waals surface area contributed by atoms with E-state index in [1.807, 2.05) is 24.3 Å². The molecule has 4 rings (SSSR count). The van der Waals surface area contributed by atoms with E-state index in [-0.39, 0.29) is 12.2 Å². The average molecular weight is 512 g/mol. The van der Waals surface area contributed by atoms with Crippen LogP contribution in [0.5, 0.6) is 5.75 Å². The number of benzene rings is 3. The summed E-state index contributed by atoms with van der Waals surface area (Å²) in [5.74, 6) is -1.09. The van der Waals surface area contributed by atoms with Gasteiger partial charge in [0.1, 0.15) is 17.9 Å². The number of anilines is 1. The van der Waals surface area contributed by atoms with Crippen molar-refractivity contribution < 1.29 is 19.1 Å². The predicted octanol–water partition coefficient (Wildman–Crippen LogP) is 5.35. The number of hydrogen-bond acceptors (Lipinski definition) is 4. The molecule has 4 amide bonds. The molecular weight excluding hydrogens is 496 g/mol. The first kappa shape index (κ1) is 21.8. The van der Waals surface area contributed by atoms with Crippen molar-refractivity contribution in [2.75, 3.05) is 4.90 Å². The van der Waals surface area contributed by atoms with Crippen LogP contribution in [-0.2, 0) is 16.2 Å². The number of ether oxygens (including phenoxy) is 1. The third kappa shape index (κ3) is 4.59. The maximum Gasteiger partial charge on any atom is 0.335 e. The average Bonchev–Trinajstić information content (AvgIpc) is 2.77. The summed E-state index contributed by atoms with van der Waals surface area (Å²) in [4.78, 5) is 38.8. The largest absolute Gasteiger partial charge is 0.488 e. The Kier molecular flexibility index (Phi) is 6.39. The fourth-order valence-corrected chi connectivity index (χ4v) is 3.74. The Morgan fingerprint density at radius 2 is 1.69 bits per heavy atom. The molecule has 8 heteroatoms. The molecule has 3 aromatic carbocycles. The van der Waals surface area contributed by atoms with Gasteiger partial charge in [-0.25, -0.2) is 9.69 Å². The zero-order chi connectivity index (χ0) is 22.7. The summed E-state index contributed by atoms with van der Waals surface area (Å²) in [5, 5.41) is 2.61. The number of rotatable bonds is 5. The van der Waals surface area contributed by atoms with Crippen molar-refractivity contribution in [2.24, 2.45) is 0 Å². The number of hydrogen-bond donors (Lipinski definition) is 1. The van der Waals surface area contributed by atoms with Gasteiger partial charge in [-0.3, -0.25) is 14.9 Å². The van der Waals surface area contributed by atoms with Crippen LogP contribution in [-0.4, -0.2) is 17.8 Å². The van der Waals surface area contributed by atoms with Crippen molar-refractivity contribution >= 4 is 57.1 Å². The Morgan fingerprint density at radius 3 is 2.44 bits per heavy atom. The summed E-state index contributed by atoms with van der Waals surface area (Å²) in [6.45, 7) is 0.258. The van der Waals surface area contributed by atoms with Gasteiger partial charge in [-0.1, -0.05) is 63.9 Å². The molecule has 0 unspecified atom stereocenters. The molecule has 6 nitrogen and oxygen atoms in total. The van der Waals surface area contributed by atoms with Crippen LogP contribution in [0.3, 0.4) is 0 Å². The quantitative estimate of drug-likeness (QED) is 0.370. The zero-order valence-corrected chi connectivity index (χ0v) is 18.9. The van der Waals surface area contributed by atoms with Crippen LogP contribution in [0, 0.1) is 0 Å². The number of nitrogens with one attached hydrogen (secondary N) is 1. The molecule has 0 atom stereocenters. The van der Waals surface area contributed by atoms with Crippen LogP contribution in [0.1, 0.15) is 11.1 Å². The first-order chi connectivity index (χ1) is 15.4. The summed E-state index contributed by atoms with van der Waals surface area (Å²) in [6, 6.07) is 20.1. The van der Waals surface area contributed by atoms with Gasteiger partial charge in [0.05, 0.1) is 5.69 Å². The number of imide groups is 2. The van der Waals surface area contributed by atoms with Gasteiger partial charge >= 0.3 is 6.03 Å². The first-order valence-corrected chi connectivity index (χ1v) is 10.7. The fraction of sp³-hybridized carbons (Fsp3) is 0.0417. The van der Waals surface area contributed by atoms with Crippen molar-refractivity contribution in [2.45, 2.75) is 6.61 Å². The van der Waals surface area contributed by atoms with E-state index in [0.29, 0.717) is 22.0 Å². The number of para-hydroxylation sites is 1. The van der Waals surface area contributed by atoms with Crippen LogP contribution in [0.2, 0.25) is 5.02 Å². The Morgan fingerprint density at radius 1 is 0.969 bits per heavy atom. The highest BCUT2D eigenvalue weighted by Crippen LogP contribution is 2.29. The van der Waals surface area contributed by atoms with Crippen LogP contribution in [0.4, 0.5) is 10.5 Å². The van der Waals surface area contributed by atoms with E-state index in [2.05, 4.69) is 21.2 Å². The molecule has 1 aliphatic rings. The molecule has 1 fully saturated rings. The van der Waals surface area contributed by atoms with Crippen molar-refractivity contribution in [3.63, 3.8) is 0 Å². The molecule has 0 aliphatic carbocycles. The van der Waals surface area contributed by atoms with Crippen molar-refractivity contribution in [1.29, 1.82) is 0 Å². The van der Waals surface area contributed by atoms with Gasteiger partial charge in [-0.2, -0.15) is 0 Å². The summed E-state index contributed by atoms with van der Waals surface area (Å²) in [6.07, 6.45) is 1.38. The third-order valence-corrected chi connectivity index (χ3v) is 5.74. The van der Waals surface area contributed by atoms with E-state index in [9.17, 15) is 14.4 Å². The number of nitrogens with zero attached hydrogens (tertiary/aromatic N) is 1. The first-order valence-electron chi connectivity index (χ1n) is 9.56. The van der Waals surface area contributed by atoms with Crippen molar-refractivity contribution in [3.8, 4) is 5.75 Å². The van der Waals surface area contributed by atoms with Crippen molar-refractivity contribution in [1.82, 2.24) is 5.32 Å². The molecule has 0 aromatic heterocycles. The molecule has 0 radical (unpaired) electrons.